The second-order valence-electron chi connectivity index (χ2n) is 6.74. The lowest BCUT2D eigenvalue weighted by molar-refractivity contribution is -0.119. The Morgan fingerprint density at radius 2 is 2.11 bits per heavy atom. The van der Waals surface area contributed by atoms with Gasteiger partial charge in [0.15, 0.2) is 0 Å². The fourth-order valence-corrected chi connectivity index (χ4v) is 3.38. The molecule has 1 aromatic carbocycles. The lowest BCUT2D eigenvalue weighted by atomic mass is 10.0. The van der Waals surface area contributed by atoms with Crippen LogP contribution in [-0.4, -0.2) is 38.1 Å². The Bertz CT molecular complexity index is 1030. The lowest BCUT2D eigenvalue weighted by Crippen LogP contribution is -2.36. The van der Waals surface area contributed by atoms with Crippen molar-refractivity contribution < 1.29 is 9.59 Å². The summed E-state index contributed by atoms with van der Waals surface area (Å²) >= 11 is 0. The van der Waals surface area contributed by atoms with Gasteiger partial charge in [0.2, 0.25) is 5.91 Å². The highest BCUT2D eigenvalue weighted by Crippen LogP contribution is 2.31. The van der Waals surface area contributed by atoms with E-state index in [2.05, 4.69) is 20.4 Å². The molecule has 1 unspecified atom stereocenters. The van der Waals surface area contributed by atoms with Gasteiger partial charge in [-0.1, -0.05) is 6.92 Å². The van der Waals surface area contributed by atoms with Gasteiger partial charge >= 0.3 is 0 Å². The molecule has 0 fully saturated rings. The van der Waals surface area contributed by atoms with Gasteiger partial charge in [0.05, 0.1) is 29.2 Å². The molecule has 1 N–H and O–H groups in total. The van der Waals surface area contributed by atoms with Crippen molar-refractivity contribution in [3.8, 4) is 5.69 Å². The maximum Gasteiger partial charge on any atom is 0.258 e. The second kappa shape index (κ2) is 7.22. The molecule has 0 spiro atoms. The van der Waals surface area contributed by atoms with Crippen molar-refractivity contribution in [2.45, 2.75) is 20.3 Å². The fourth-order valence-electron chi connectivity index (χ4n) is 3.38. The van der Waals surface area contributed by atoms with Crippen LogP contribution < -0.4 is 10.2 Å². The Kier molecular flexibility index (Phi) is 4.60. The molecule has 2 aromatic heterocycles. The second-order valence-corrected chi connectivity index (χ2v) is 6.74. The predicted octanol–water partition coefficient (Wildman–Crippen LogP) is 2.60. The molecule has 1 aliphatic rings. The van der Waals surface area contributed by atoms with Crippen molar-refractivity contribution in [3.63, 3.8) is 0 Å². The van der Waals surface area contributed by atoms with Crippen molar-refractivity contribution >= 4 is 23.2 Å². The molecule has 1 atom stereocenters. The van der Waals surface area contributed by atoms with E-state index in [-0.39, 0.29) is 17.7 Å². The number of nitrogens with zero attached hydrogens (tertiary/aromatic N) is 5. The molecule has 2 amide bonds. The van der Waals surface area contributed by atoms with Crippen LogP contribution in [0.2, 0.25) is 0 Å². The smallest absolute Gasteiger partial charge is 0.258 e. The first-order valence-electron chi connectivity index (χ1n) is 9.11. The van der Waals surface area contributed by atoms with E-state index in [9.17, 15) is 9.59 Å². The molecule has 3 aromatic rings. The highest BCUT2D eigenvalue weighted by Gasteiger charge is 2.31. The summed E-state index contributed by atoms with van der Waals surface area (Å²) in [5.74, 6) is -0.535. The third-order valence-corrected chi connectivity index (χ3v) is 4.97. The van der Waals surface area contributed by atoms with Crippen molar-refractivity contribution in [2.75, 3.05) is 16.8 Å². The van der Waals surface area contributed by atoms with Crippen LogP contribution in [0.25, 0.3) is 5.69 Å². The number of fused-ring (bicyclic) bond motifs is 1. The molecule has 0 saturated heterocycles. The Morgan fingerprint density at radius 1 is 1.25 bits per heavy atom. The number of carbonyl (C=O) groups is 2. The molecule has 3 heterocycles. The first kappa shape index (κ1) is 17.8. The molecule has 28 heavy (non-hydrogen) atoms. The maximum absolute atomic E-state index is 13.4. The van der Waals surface area contributed by atoms with Gasteiger partial charge in [-0.2, -0.15) is 5.10 Å². The van der Waals surface area contributed by atoms with E-state index in [1.54, 1.807) is 40.4 Å². The normalized spacial score (nSPS) is 16.3. The van der Waals surface area contributed by atoms with Crippen molar-refractivity contribution in [2.24, 2.45) is 5.92 Å². The van der Waals surface area contributed by atoms with Crippen molar-refractivity contribution in [3.05, 3.63) is 60.4 Å². The average Bonchev–Trinajstić information content (AvgIpc) is 3.18. The molecule has 0 saturated carbocycles. The number of hydrogen-bond acceptors (Lipinski definition) is 5. The van der Waals surface area contributed by atoms with E-state index in [1.165, 1.54) is 6.33 Å². The zero-order valence-electron chi connectivity index (χ0n) is 15.7. The molecule has 8 heteroatoms. The Morgan fingerprint density at radius 3 is 2.82 bits per heavy atom. The number of carbonyl (C=O) groups excluding carboxylic acids is 2. The number of anilines is 2. The number of aromatic nitrogens is 4. The molecular formula is C20H20N6O2. The molecule has 142 valence electrons. The van der Waals surface area contributed by atoms with E-state index in [4.69, 9.17) is 0 Å². The first-order chi connectivity index (χ1) is 13.6. The molecule has 4 rings (SSSR count). The van der Waals surface area contributed by atoms with Crippen LogP contribution in [-0.2, 0) is 4.79 Å². The minimum Gasteiger partial charge on any atom is -0.324 e. The number of hydrogen-bond donors (Lipinski definition) is 1. The summed E-state index contributed by atoms with van der Waals surface area (Å²) in [6, 6.07) is 7.16. The number of amides is 2. The fraction of sp³-hybridized carbons (Fsp3) is 0.250. The summed E-state index contributed by atoms with van der Waals surface area (Å²) in [7, 11) is 0. The van der Waals surface area contributed by atoms with Crippen LogP contribution in [0.5, 0.6) is 0 Å². The Balaban J connectivity index is 1.72. The van der Waals surface area contributed by atoms with Crippen molar-refractivity contribution in [1.82, 2.24) is 19.7 Å². The monoisotopic (exact) mass is 376 g/mol. The van der Waals surface area contributed by atoms with E-state index in [1.807, 2.05) is 26.0 Å². The summed E-state index contributed by atoms with van der Waals surface area (Å²) in [6.07, 6.45) is 6.94. The third kappa shape index (κ3) is 3.13. The summed E-state index contributed by atoms with van der Waals surface area (Å²) in [5.41, 5.74) is 3.50. The standard InChI is InChI=1S/C20H20N6O2/c1-3-14-10-25(18-9-21-7-6-16(18)24-19(14)27)20(28)15-4-5-17(13(2)8-15)26-12-22-11-23-26/h4-9,11-12,14H,3,10H2,1-2H3,(H,24,27). The summed E-state index contributed by atoms with van der Waals surface area (Å²) < 4.78 is 1.66. The van der Waals surface area contributed by atoms with Gasteiger partial charge in [-0.3, -0.25) is 14.6 Å². The van der Waals surface area contributed by atoms with Crippen LogP contribution in [0, 0.1) is 12.8 Å². The third-order valence-electron chi connectivity index (χ3n) is 4.97. The van der Waals surface area contributed by atoms with E-state index in [0.29, 0.717) is 29.9 Å². The van der Waals surface area contributed by atoms with Gasteiger partial charge in [-0.05, 0) is 43.2 Å². The van der Waals surface area contributed by atoms with Gasteiger partial charge < -0.3 is 10.2 Å². The Hall–Kier alpha value is -3.55. The number of nitrogens with one attached hydrogen (secondary N) is 1. The zero-order chi connectivity index (χ0) is 19.7. The number of benzene rings is 1. The molecule has 0 aliphatic carbocycles. The predicted molar refractivity (Wildman–Crippen MR) is 104 cm³/mol. The molecule has 0 radical (unpaired) electrons. The SMILES string of the molecule is CCC1CN(C(=O)c2ccc(-n3cncn3)c(C)c2)c2cnccc2NC1=O. The maximum atomic E-state index is 13.4. The van der Waals surface area contributed by atoms with Crippen LogP contribution >= 0.6 is 0 Å². The van der Waals surface area contributed by atoms with Crippen LogP contribution in [0.1, 0.15) is 29.3 Å². The largest absolute Gasteiger partial charge is 0.324 e. The van der Waals surface area contributed by atoms with Crippen LogP contribution in [0.4, 0.5) is 11.4 Å². The summed E-state index contributed by atoms with van der Waals surface area (Å²) in [5, 5.41) is 7.05. The minimum atomic E-state index is -0.285. The van der Waals surface area contributed by atoms with Gasteiger partial charge in [-0.15, -0.1) is 0 Å². The van der Waals surface area contributed by atoms with E-state index >= 15 is 0 Å². The van der Waals surface area contributed by atoms with Crippen molar-refractivity contribution in [1.29, 1.82) is 0 Å². The number of pyridine rings is 1. The van der Waals surface area contributed by atoms with Gasteiger partial charge in [0.25, 0.3) is 5.91 Å². The zero-order valence-corrected chi connectivity index (χ0v) is 15.7. The van der Waals surface area contributed by atoms with E-state index < -0.39 is 0 Å². The van der Waals surface area contributed by atoms with Gasteiger partial charge in [0.1, 0.15) is 12.7 Å². The number of aryl methyl sites for hydroxylation is 1. The highest BCUT2D eigenvalue weighted by atomic mass is 16.2. The topological polar surface area (TPSA) is 93.0 Å². The molecule has 0 bridgehead atoms. The average molecular weight is 376 g/mol. The summed E-state index contributed by atoms with van der Waals surface area (Å²) in [4.78, 5) is 35.6. The molecule has 1 aliphatic heterocycles. The van der Waals surface area contributed by atoms with Crippen LogP contribution in [0.15, 0.2) is 49.3 Å². The lowest BCUT2D eigenvalue weighted by Gasteiger charge is -2.24. The summed E-state index contributed by atoms with van der Waals surface area (Å²) in [6.45, 7) is 4.17. The van der Waals surface area contributed by atoms with Gasteiger partial charge in [0, 0.05) is 18.3 Å². The molecular weight excluding hydrogens is 356 g/mol. The number of rotatable bonds is 3. The Labute approximate surface area is 162 Å². The quantitative estimate of drug-likeness (QED) is 0.758. The first-order valence-corrected chi connectivity index (χ1v) is 9.11. The molecule has 8 nitrogen and oxygen atoms in total. The minimum absolute atomic E-state index is 0.0806. The van der Waals surface area contributed by atoms with Crippen LogP contribution in [0.3, 0.4) is 0 Å². The van der Waals surface area contributed by atoms with E-state index in [0.717, 1.165) is 11.3 Å². The van der Waals surface area contributed by atoms with Gasteiger partial charge in [-0.25, -0.2) is 9.67 Å². The highest BCUT2D eigenvalue weighted by molar-refractivity contribution is 6.11.